The molecule has 2 aromatic rings. The van der Waals surface area contributed by atoms with Crippen LogP contribution in [0.3, 0.4) is 0 Å². The first kappa shape index (κ1) is 25.3. The van der Waals surface area contributed by atoms with Gasteiger partial charge in [0.2, 0.25) is 0 Å². The molecule has 14 heteroatoms. The molecule has 1 amide bonds. The minimum Gasteiger partial charge on any atom is -0.381 e. The molecule has 3 N–H and O–H groups in total. The van der Waals surface area contributed by atoms with E-state index < -0.39 is 10.9 Å². The number of nitrogens with zero attached hydrogens (tertiary/aromatic N) is 4. The Kier molecular flexibility index (Phi) is 10.1. The molecule has 1 unspecified atom stereocenters. The SMILES string of the molecule is CN/C(=N/[N+](=O)[O-])NCC1CCOC1.N#Cc1ccccc1NC(=O)c1snc(Cl)c1Cl. The largest absolute Gasteiger partial charge is 0.381 e. The van der Waals surface area contributed by atoms with Crippen molar-refractivity contribution < 1.29 is 14.6 Å². The van der Waals surface area contributed by atoms with Crippen molar-refractivity contribution in [3.63, 3.8) is 0 Å². The Labute approximate surface area is 197 Å². The maximum absolute atomic E-state index is 11.9. The second kappa shape index (κ2) is 12.8. The summed E-state index contributed by atoms with van der Waals surface area (Å²) in [4.78, 5) is 22.2. The number of hydrogen-bond acceptors (Lipinski definition) is 7. The van der Waals surface area contributed by atoms with Gasteiger partial charge in [-0.25, -0.2) is 10.1 Å². The van der Waals surface area contributed by atoms with E-state index >= 15 is 0 Å². The van der Waals surface area contributed by atoms with Crippen LogP contribution in [0.2, 0.25) is 10.2 Å². The standard InChI is InChI=1S/C11H5Cl2N3OS.C7H14N4O3/c12-8-9(18-16-10(8)13)11(17)15-7-4-2-1-3-6(7)5-14;1-8-7(10-11(12)13)9-4-6-2-3-14-5-6/h1-4H,(H,15,17);6H,2-5H2,1H3,(H2,8,9,10). The number of nitro groups is 1. The normalized spacial score (nSPS) is 15.2. The van der Waals surface area contributed by atoms with Gasteiger partial charge in [0.15, 0.2) is 10.2 Å². The number of anilines is 1. The van der Waals surface area contributed by atoms with E-state index in [0.717, 1.165) is 24.6 Å². The molecule has 0 saturated carbocycles. The Hall–Kier alpha value is -2.98. The van der Waals surface area contributed by atoms with Crippen LogP contribution < -0.4 is 16.0 Å². The summed E-state index contributed by atoms with van der Waals surface area (Å²) in [6, 6.07) is 8.66. The molecule has 0 radical (unpaired) electrons. The zero-order valence-corrected chi connectivity index (χ0v) is 19.1. The number of halogens is 2. The van der Waals surface area contributed by atoms with Crippen LogP contribution >= 0.6 is 34.7 Å². The lowest BCUT2D eigenvalue weighted by atomic mass is 10.1. The smallest absolute Gasteiger partial charge is 0.269 e. The van der Waals surface area contributed by atoms with Gasteiger partial charge in [0.25, 0.3) is 11.9 Å². The number of hydrazone groups is 1. The number of guanidine groups is 1. The van der Waals surface area contributed by atoms with Crippen LogP contribution in [0.1, 0.15) is 21.7 Å². The third kappa shape index (κ3) is 7.61. The molecule has 32 heavy (non-hydrogen) atoms. The summed E-state index contributed by atoms with van der Waals surface area (Å²) >= 11 is 12.4. The lowest BCUT2D eigenvalue weighted by Gasteiger charge is -2.09. The highest BCUT2D eigenvalue weighted by Gasteiger charge is 2.18. The van der Waals surface area contributed by atoms with Gasteiger partial charge in [0.1, 0.15) is 21.1 Å². The van der Waals surface area contributed by atoms with Crippen molar-refractivity contribution in [1.29, 1.82) is 5.26 Å². The van der Waals surface area contributed by atoms with Gasteiger partial charge < -0.3 is 20.7 Å². The monoisotopic (exact) mass is 499 g/mol. The Balaban J connectivity index is 0.000000235. The highest BCUT2D eigenvalue weighted by molar-refractivity contribution is 7.09. The summed E-state index contributed by atoms with van der Waals surface area (Å²) in [5.41, 5.74) is 0.795. The first-order valence-corrected chi connectivity index (χ1v) is 10.7. The molecule has 1 fully saturated rings. The van der Waals surface area contributed by atoms with Crippen LogP contribution in [-0.2, 0) is 4.74 Å². The van der Waals surface area contributed by atoms with E-state index in [9.17, 15) is 14.9 Å². The zero-order valence-electron chi connectivity index (χ0n) is 16.8. The van der Waals surface area contributed by atoms with Gasteiger partial charge in [0.05, 0.1) is 17.9 Å². The number of para-hydroxylation sites is 1. The van der Waals surface area contributed by atoms with Gasteiger partial charge in [0, 0.05) is 26.1 Å². The molecule has 1 atom stereocenters. The number of aromatic nitrogens is 1. The zero-order chi connectivity index (χ0) is 23.5. The first-order valence-electron chi connectivity index (χ1n) is 9.19. The first-order chi connectivity index (χ1) is 15.3. The number of hydrogen-bond donors (Lipinski definition) is 3. The lowest BCUT2D eigenvalue weighted by Crippen LogP contribution is -2.38. The number of nitrogens with one attached hydrogen (secondary N) is 3. The van der Waals surface area contributed by atoms with E-state index in [1.165, 1.54) is 0 Å². The fraction of sp³-hybridized carbons (Fsp3) is 0.333. The molecule has 1 aromatic carbocycles. The summed E-state index contributed by atoms with van der Waals surface area (Å²) in [5, 5.41) is 29.7. The second-order valence-electron chi connectivity index (χ2n) is 6.27. The fourth-order valence-corrected chi connectivity index (χ4v) is 3.62. The highest BCUT2D eigenvalue weighted by atomic mass is 35.5. The predicted molar refractivity (Wildman–Crippen MR) is 122 cm³/mol. The second-order valence-corrected chi connectivity index (χ2v) is 7.78. The molecule has 0 bridgehead atoms. The van der Waals surface area contributed by atoms with Crippen molar-refractivity contribution in [2.75, 3.05) is 32.1 Å². The van der Waals surface area contributed by atoms with Gasteiger partial charge in [-0.1, -0.05) is 35.3 Å². The number of carbonyl (C=O) groups excluding carboxylic acids is 1. The summed E-state index contributed by atoms with van der Waals surface area (Å²) in [6.07, 6.45) is 0.989. The van der Waals surface area contributed by atoms with Crippen molar-refractivity contribution in [3.05, 3.63) is 55.0 Å². The Morgan fingerprint density at radius 1 is 1.47 bits per heavy atom. The molecular formula is C18H19Cl2N7O4S. The summed E-state index contributed by atoms with van der Waals surface area (Å²) in [5.74, 6) is 0.161. The fourth-order valence-electron chi connectivity index (χ4n) is 2.51. The molecule has 0 aliphatic carbocycles. The van der Waals surface area contributed by atoms with Crippen LogP contribution in [0.4, 0.5) is 5.69 Å². The van der Waals surface area contributed by atoms with Crippen molar-refractivity contribution >= 4 is 52.3 Å². The van der Waals surface area contributed by atoms with Crippen LogP contribution in [0.5, 0.6) is 0 Å². The number of rotatable bonds is 5. The summed E-state index contributed by atoms with van der Waals surface area (Å²) < 4.78 is 8.94. The topological polar surface area (TPSA) is 155 Å². The van der Waals surface area contributed by atoms with E-state index in [1.807, 2.05) is 6.07 Å². The van der Waals surface area contributed by atoms with Crippen LogP contribution in [-0.4, -0.2) is 48.1 Å². The minimum absolute atomic E-state index is 0.0976. The molecule has 11 nitrogen and oxygen atoms in total. The molecule has 1 aromatic heterocycles. The molecule has 170 valence electrons. The highest BCUT2D eigenvalue weighted by Crippen LogP contribution is 2.29. The number of nitriles is 1. The number of carbonyl (C=O) groups is 1. The Bertz CT molecular complexity index is 1020. The van der Waals surface area contributed by atoms with E-state index in [-0.39, 0.29) is 21.0 Å². The Morgan fingerprint density at radius 3 is 2.78 bits per heavy atom. The molecule has 1 aliphatic heterocycles. The maximum Gasteiger partial charge on any atom is 0.269 e. The number of benzene rings is 1. The van der Waals surface area contributed by atoms with E-state index in [4.69, 9.17) is 33.2 Å². The number of ether oxygens (including phenoxy) is 1. The van der Waals surface area contributed by atoms with Gasteiger partial charge in [-0.2, -0.15) is 9.64 Å². The average Bonchev–Trinajstić information content (AvgIpc) is 3.42. The Morgan fingerprint density at radius 2 is 2.22 bits per heavy atom. The quantitative estimate of drug-likeness (QED) is 0.245. The van der Waals surface area contributed by atoms with Gasteiger partial charge in [-0.3, -0.25) is 4.79 Å². The van der Waals surface area contributed by atoms with Crippen LogP contribution in [0, 0.1) is 27.4 Å². The van der Waals surface area contributed by atoms with Crippen molar-refractivity contribution in [2.24, 2.45) is 11.0 Å². The molecule has 1 aliphatic rings. The third-order valence-electron chi connectivity index (χ3n) is 4.10. The molecular weight excluding hydrogens is 481 g/mol. The molecule has 3 rings (SSSR count). The molecule has 1 saturated heterocycles. The maximum atomic E-state index is 11.9. The third-order valence-corrected chi connectivity index (χ3v) is 5.90. The number of amides is 1. The van der Waals surface area contributed by atoms with E-state index in [0.29, 0.717) is 30.3 Å². The van der Waals surface area contributed by atoms with Crippen molar-refractivity contribution in [1.82, 2.24) is 15.0 Å². The van der Waals surface area contributed by atoms with Crippen molar-refractivity contribution in [3.8, 4) is 6.07 Å². The van der Waals surface area contributed by atoms with Gasteiger partial charge in [-0.15, -0.1) is 0 Å². The summed E-state index contributed by atoms with van der Waals surface area (Å²) in [6.45, 7) is 2.13. The van der Waals surface area contributed by atoms with Crippen LogP contribution in [0.15, 0.2) is 29.4 Å². The lowest BCUT2D eigenvalue weighted by molar-refractivity contribution is -0.485. The van der Waals surface area contributed by atoms with Crippen molar-refractivity contribution in [2.45, 2.75) is 6.42 Å². The molecule has 0 spiro atoms. The van der Waals surface area contributed by atoms with Gasteiger partial charge >= 0.3 is 0 Å². The van der Waals surface area contributed by atoms with E-state index in [2.05, 4.69) is 25.4 Å². The van der Waals surface area contributed by atoms with Gasteiger partial charge in [-0.05, 0) is 30.1 Å². The van der Waals surface area contributed by atoms with Crippen LogP contribution in [0.25, 0.3) is 0 Å². The molecule has 2 heterocycles. The summed E-state index contributed by atoms with van der Waals surface area (Å²) in [7, 11) is 1.58. The average molecular weight is 500 g/mol. The predicted octanol–water partition coefficient (Wildman–Crippen LogP) is 2.95. The van der Waals surface area contributed by atoms with E-state index in [1.54, 1.807) is 31.3 Å². The minimum atomic E-state index is -0.732.